The molecule has 214 valence electrons. The second-order valence-electron chi connectivity index (χ2n) is 10.2. The molecule has 3 rings (SSSR count). The Kier molecular flexibility index (Phi) is 10.9. The minimum absolute atomic E-state index is 0.101. The van der Waals surface area contributed by atoms with E-state index >= 15 is 0 Å². The fourth-order valence-corrected chi connectivity index (χ4v) is 6.11. The maximum Gasteiger partial charge on any atom is 0.264 e. The summed E-state index contributed by atoms with van der Waals surface area (Å²) >= 11 is 0. The summed E-state index contributed by atoms with van der Waals surface area (Å²) in [6.45, 7) is 9.86. The highest BCUT2D eigenvalue weighted by Gasteiger charge is 2.34. The standard InChI is InChI=1S/C32H41N3O4S/c1-6-8-20-33-32(37)29(7-2)34(22-27-14-11-12-25(4)21-27)31(36)23-35(30-15-10-9-13-26(30)5)40(38,39)28-18-16-24(3)17-19-28/h9-19,21,29H,6-8,20,22-23H2,1-5H3,(H,33,37)/t29-/m0/s1. The number of carbonyl (C=O) groups excluding carboxylic acids is 2. The number of carbonyl (C=O) groups is 2. The molecule has 1 atom stereocenters. The Morgan fingerprint density at radius 1 is 0.875 bits per heavy atom. The first kappa shape index (κ1) is 30.9. The van der Waals surface area contributed by atoms with Crippen LogP contribution in [0.5, 0.6) is 0 Å². The molecule has 0 aliphatic rings. The Labute approximate surface area is 239 Å². The van der Waals surface area contributed by atoms with Crippen LogP contribution in [0.25, 0.3) is 0 Å². The molecular formula is C32H41N3O4S. The van der Waals surface area contributed by atoms with E-state index in [1.807, 2.05) is 71.0 Å². The van der Waals surface area contributed by atoms with Crippen molar-refractivity contribution >= 4 is 27.5 Å². The predicted molar refractivity (Wildman–Crippen MR) is 161 cm³/mol. The third-order valence-electron chi connectivity index (χ3n) is 6.92. The maximum atomic E-state index is 14.1. The van der Waals surface area contributed by atoms with Crippen LogP contribution in [0.2, 0.25) is 0 Å². The van der Waals surface area contributed by atoms with E-state index in [0.717, 1.165) is 35.1 Å². The number of nitrogens with one attached hydrogen (secondary N) is 1. The van der Waals surface area contributed by atoms with Crippen LogP contribution in [0.1, 0.15) is 55.4 Å². The molecule has 3 aromatic carbocycles. The molecule has 0 aliphatic heterocycles. The number of hydrogen-bond donors (Lipinski definition) is 1. The molecule has 0 saturated heterocycles. The number of anilines is 1. The minimum atomic E-state index is -4.09. The summed E-state index contributed by atoms with van der Waals surface area (Å²) in [4.78, 5) is 29.0. The summed E-state index contributed by atoms with van der Waals surface area (Å²) in [5.41, 5.74) is 3.99. The molecule has 0 saturated carbocycles. The van der Waals surface area contributed by atoms with E-state index < -0.39 is 28.5 Å². The topological polar surface area (TPSA) is 86.8 Å². The first-order valence-electron chi connectivity index (χ1n) is 13.9. The van der Waals surface area contributed by atoms with Gasteiger partial charge in [0, 0.05) is 13.1 Å². The number of hydrogen-bond acceptors (Lipinski definition) is 4. The third-order valence-corrected chi connectivity index (χ3v) is 8.70. The molecule has 0 fully saturated rings. The first-order valence-corrected chi connectivity index (χ1v) is 15.3. The van der Waals surface area contributed by atoms with E-state index in [9.17, 15) is 18.0 Å². The number of rotatable bonds is 13. The second kappa shape index (κ2) is 14.1. The third kappa shape index (κ3) is 7.72. The first-order chi connectivity index (χ1) is 19.1. The summed E-state index contributed by atoms with van der Waals surface area (Å²) in [5, 5.41) is 2.96. The van der Waals surface area contributed by atoms with Crippen LogP contribution in [0.4, 0.5) is 5.69 Å². The van der Waals surface area contributed by atoms with E-state index in [1.165, 1.54) is 9.21 Å². The molecule has 0 aliphatic carbocycles. The van der Waals surface area contributed by atoms with Crippen molar-refractivity contribution in [1.82, 2.24) is 10.2 Å². The van der Waals surface area contributed by atoms with E-state index in [2.05, 4.69) is 5.32 Å². The zero-order valence-electron chi connectivity index (χ0n) is 24.2. The monoisotopic (exact) mass is 563 g/mol. The number of benzene rings is 3. The Bertz CT molecular complexity index is 1400. The Morgan fingerprint density at radius 2 is 1.57 bits per heavy atom. The molecular weight excluding hydrogens is 522 g/mol. The van der Waals surface area contributed by atoms with Crippen LogP contribution in [0.3, 0.4) is 0 Å². The van der Waals surface area contributed by atoms with Gasteiger partial charge in [0.05, 0.1) is 10.6 Å². The zero-order valence-corrected chi connectivity index (χ0v) is 25.0. The highest BCUT2D eigenvalue weighted by Crippen LogP contribution is 2.27. The van der Waals surface area contributed by atoms with E-state index in [4.69, 9.17) is 0 Å². The summed E-state index contributed by atoms with van der Waals surface area (Å²) in [6.07, 6.45) is 2.17. The molecule has 0 spiro atoms. The lowest BCUT2D eigenvalue weighted by Crippen LogP contribution is -2.52. The van der Waals surface area contributed by atoms with Gasteiger partial charge >= 0.3 is 0 Å². The van der Waals surface area contributed by atoms with Gasteiger partial charge in [-0.1, -0.05) is 86.0 Å². The molecule has 0 aromatic heterocycles. The van der Waals surface area contributed by atoms with Gasteiger partial charge in [0.25, 0.3) is 10.0 Å². The molecule has 7 nitrogen and oxygen atoms in total. The van der Waals surface area contributed by atoms with Gasteiger partial charge in [-0.05, 0) is 62.9 Å². The lowest BCUT2D eigenvalue weighted by Gasteiger charge is -2.33. The van der Waals surface area contributed by atoms with Crippen molar-refractivity contribution < 1.29 is 18.0 Å². The van der Waals surface area contributed by atoms with Gasteiger partial charge in [-0.15, -0.1) is 0 Å². The Hall–Kier alpha value is -3.65. The highest BCUT2D eigenvalue weighted by atomic mass is 32.2. The van der Waals surface area contributed by atoms with Gasteiger partial charge in [0.15, 0.2) is 0 Å². The smallest absolute Gasteiger partial charge is 0.264 e. The van der Waals surface area contributed by atoms with Crippen LogP contribution in [-0.4, -0.2) is 44.3 Å². The number of aryl methyl sites for hydroxylation is 3. The van der Waals surface area contributed by atoms with Gasteiger partial charge in [-0.25, -0.2) is 8.42 Å². The van der Waals surface area contributed by atoms with Gasteiger partial charge in [-0.3, -0.25) is 13.9 Å². The largest absolute Gasteiger partial charge is 0.354 e. The van der Waals surface area contributed by atoms with Crippen LogP contribution in [-0.2, 0) is 26.2 Å². The number of para-hydroxylation sites is 1. The van der Waals surface area contributed by atoms with Crippen molar-refractivity contribution in [2.24, 2.45) is 0 Å². The predicted octanol–water partition coefficient (Wildman–Crippen LogP) is 5.53. The maximum absolute atomic E-state index is 14.1. The lowest BCUT2D eigenvalue weighted by molar-refractivity contribution is -0.140. The molecule has 0 bridgehead atoms. The van der Waals surface area contributed by atoms with Gasteiger partial charge < -0.3 is 10.2 Å². The normalized spacial score (nSPS) is 12.0. The lowest BCUT2D eigenvalue weighted by atomic mass is 10.1. The number of amides is 2. The SMILES string of the molecule is CCCCNC(=O)[C@H](CC)N(Cc1cccc(C)c1)C(=O)CN(c1ccccc1C)S(=O)(=O)c1ccc(C)cc1. The molecule has 0 unspecified atom stereocenters. The number of unbranched alkanes of at least 4 members (excludes halogenated alkanes) is 1. The van der Waals surface area contributed by atoms with Crippen molar-refractivity contribution in [2.45, 2.75) is 71.4 Å². The Balaban J connectivity index is 2.05. The second-order valence-corrected chi connectivity index (χ2v) is 12.1. The summed E-state index contributed by atoms with van der Waals surface area (Å²) in [5.74, 6) is -0.682. The molecule has 2 amide bonds. The fourth-order valence-electron chi connectivity index (χ4n) is 4.63. The number of sulfonamides is 1. The van der Waals surface area contributed by atoms with Crippen molar-refractivity contribution in [2.75, 3.05) is 17.4 Å². The average Bonchev–Trinajstić information content (AvgIpc) is 2.92. The van der Waals surface area contributed by atoms with Gasteiger partial charge in [-0.2, -0.15) is 0 Å². The molecule has 3 aromatic rings. The molecule has 0 radical (unpaired) electrons. The molecule has 40 heavy (non-hydrogen) atoms. The number of nitrogens with zero attached hydrogens (tertiary/aromatic N) is 2. The fraction of sp³-hybridized carbons (Fsp3) is 0.375. The average molecular weight is 564 g/mol. The van der Waals surface area contributed by atoms with Crippen LogP contribution in [0, 0.1) is 20.8 Å². The van der Waals surface area contributed by atoms with Crippen molar-refractivity contribution in [3.8, 4) is 0 Å². The quantitative estimate of drug-likeness (QED) is 0.277. The van der Waals surface area contributed by atoms with Crippen molar-refractivity contribution in [1.29, 1.82) is 0 Å². The van der Waals surface area contributed by atoms with E-state index in [1.54, 1.807) is 36.4 Å². The van der Waals surface area contributed by atoms with Crippen molar-refractivity contribution in [3.05, 3.63) is 95.1 Å². The van der Waals surface area contributed by atoms with E-state index in [-0.39, 0.29) is 17.3 Å². The zero-order chi connectivity index (χ0) is 29.3. The van der Waals surface area contributed by atoms with Crippen LogP contribution in [0.15, 0.2) is 77.7 Å². The van der Waals surface area contributed by atoms with E-state index in [0.29, 0.717) is 18.7 Å². The molecule has 8 heteroatoms. The van der Waals surface area contributed by atoms with Gasteiger partial charge in [0.1, 0.15) is 12.6 Å². The van der Waals surface area contributed by atoms with Crippen LogP contribution < -0.4 is 9.62 Å². The summed E-state index contributed by atoms with van der Waals surface area (Å²) in [6, 6.07) is 20.7. The highest BCUT2D eigenvalue weighted by molar-refractivity contribution is 7.92. The molecule has 1 N–H and O–H groups in total. The minimum Gasteiger partial charge on any atom is -0.354 e. The molecule has 0 heterocycles. The summed E-state index contributed by atoms with van der Waals surface area (Å²) < 4.78 is 29.1. The van der Waals surface area contributed by atoms with Gasteiger partial charge in [0.2, 0.25) is 11.8 Å². The Morgan fingerprint density at radius 3 is 2.20 bits per heavy atom. The van der Waals surface area contributed by atoms with Crippen molar-refractivity contribution in [3.63, 3.8) is 0 Å². The summed E-state index contributed by atoms with van der Waals surface area (Å²) in [7, 11) is -4.09. The van der Waals surface area contributed by atoms with Crippen LogP contribution >= 0.6 is 0 Å².